The molecule has 0 bridgehead atoms. The Hall–Kier alpha value is -1.02. The van der Waals surface area contributed by atoms with Gasteiger partial charge in [-0.05, 0) is 62.4 Å². The van der Waals surface area contributed by atoms with E-state index >= 15 is 0 Å². The first kappa shape index (κ1) is 13.9. The normalized spacial score (nSPS) is 22.3. The van der Waals surface area contributed by atoms with Crippen molar-refractivity contribution in [3.8, 4) is 0 Å². The molecule has 1 unspecified atom stereocenters. The van der Waals surface area contributed by atoms with Gasteiger partial charge in [-0.1, -0.05) is 25.0 Å². The van der Waals surface area contributed by atoms with Crippen LogP contribution in [0.15, 0.2) is 24.3 Å². The number of benzene rings is 1. The number of rotatable bonds is 4. The smallest absolute Gasteiger partial charge is 0.0376 e. The summed E-state index contributed by atoms with van der Waals surface area (Å²) >= 11 is 0. The molecule has 1 aromatic carbocycles. The molecule has 0 N–H and O–H groups in total. The van der Waals surface area contributed by atoms with Gasteiger partial charge in [0, 0.05) is 25.8 Å². The van der Waals surface area contributed by atoms with E-state index in [0.717, 1.165) is 5.92 Å². The van der Waals surface area contributed by atoms with Crippen LogP contribution in [0.3, 0.4) is 0 Å². The van der Waals surface area contributed by atoms with Crippen LogP contribution in [0, 0.1) is 5.92 Å². The van der Waals surface area contributed by atoms with Crippen molar-refractivity contribution in [2.24, 2.45) is 5.92 Å². The average molecular weight is 272 g/mol. The van der Waals surface area contributed by atoms with Crippen molar-refractivity contribution in [2.75, 3.05) is 32.1 Å². The van der Waals surface area contributed by atoms with Gasteiger partial charge in [-0.15, -0.1) is 0 Å². The Balaban J connectivity index is 1.83. The van der Waals surface area contributed by atoms with Crippen molar-refractivity contribution < 1.29 is 0 Å². The molecule has 1 aromatic rings. The molecule has 1 aliphatic carbocycles. The lowest BCUT2D eigenvalue weighted by Crippen LogP contribution is -2.30. The third-order valence-corrected chi connectivity index (χ3v) is 5.13. The summed E-state index contributed by atoms with van der Waals surface area (Å²) in [7, 11) is 4.23. The molecule has 110 valence electrons. The molecule has 1 atom stereocenters. The van der Waals surface area contributed by atoms with Gasteiger partial charge in [0.05, 0.1) is 0 Å². The Morgan fingerprint density at radius 2 is 1.55 bits per heavy atom. The van der Waals surface area contributed by atoms with E-state index in [-0.39, 0.29) is 0 Å². The third kappa shape index (κ3) is 2.85. The SMILES string of the molecule is CN(C)c1ccc(C(C2CCCC2)N2CCCC2)cc1. The lowest BCUT2D eigenvalue weighted by molar-refractivity contribution is 0.176. The highest BCUT2D eigenvalue weighted by atomic mass is 15.2. The Bertz CT molecular complexity index is 396. The van der Waals surface area contributed by atoms with E-state index in [0.29, 0.717) is 6.04 Å². The van der Waals surface area contributed by atoms with Crippen LogP contribution in [-0.4, -0.2) is 32.1 Å². The number of anilines is 1. The van der Waals surface area contributed by atoms with Crippen molar-refractivity contribution in [1.29, 1.82) is 0 Å². The van der Waals surface area contributed by atoms with E-state index in [9.17, 15) is 0 Å². The third-order valence-electron chi connectivity index (χ3n) is 5.13. The van der Waals surface area contributed by atoms with Crippen LogP contribution in [0.5, 0.6) is 0 Å². The summed E-state index contributed by atoms with van der Waals surface area (Å²) in [6.07, 6.45) is 8.50. The second kappa shape index (κ2) is 6.17. The second-order valence-corrected chi connectivity index (χ2v) is 6.72. The molecule has 0 spiro atoms. The van der Waals surface area contributed by atoms with E-state index in [1.807, 2.05) is 0 Å². The fourth-order valence-corrected chi connectivity index (χ4v) is 4.04. The largest absolute Gasteiger partial charge is 0.378 e. The molecule has 1 saturated carbocycles. The zero-order chi connectivity index (χ0) is 13.9. The number of nitrogens with zero attached hydrogens (tertiary/aromatic N) is 2. The molecule has 2 heteroatoms. The lowest BCUT2D eigenvalue weighted by Gasteiger charge is -2.33. The first-order valence-electron chi connectivity index (χ1n) is 8.27. The van der Waals surface area contributed by atoms with Crippen molar-refractivity contribution in [2.45, 2.75) is 44.6 Å². The maximum atomic E-state index is 2.75. The maximum Gasteiger partial charge on any atom is 0.0376 e. The monoisotopic (exact) mass is 272 g/mol. The fraction of sp³-hybridized carbons (Fsp3) is 0.667. The second-order valence-electron chi connectivity index (χ2n) is 6.72. The minimum absolute atomic E-state index is 0.677. The zero-order valence-corrected chi connectivity index (χ0v) is 13.0. The van der Waals surface area contributed by atoms with Crippen molar-refractivity contribution in [3.05, 3.63) is 29.8 Å². The Morgan fingerprint density at radius 1 is 0.950 bits per heavy atom. The van der Waals surface area contributed by atoms with Crippen LogP contribution < -0.4 is 4.90 Å². The summed E-state index contributed by atoms with van der Waals surface area (Å²) in [5, 5.41) is 0. The number of hydrogen-bond acceptors (Lipinski definition) is 2. The Labute approximate surface area is 123 Å². The molecule has 1 aliphatic heterocycles. The summed E-state index contributed by atoms with van der Waals surface area (Å²) in [6, 6.07) is 9.99. The van der Waals surface area contributed by atoms with E-state index in [1.54, 1.807) is 5.56 Å². The fourth-order valence-electron chi connectivity index (χ4n) is 4.04. The van der Waals surface area contributed by atoms with Crippen LogP contribution in [-0.2, 0) is 0 Å². The van der Waals surface area contributed by atoms with Crippen LogP contribution in [0.2, 0.25) is 0 Å². The highest BCUT2D eigenvalue weighted by Gasteiger charge is 2.32. The Morgan fingerprint density at radius 3 is 2.10 bits per heavy atom. The summed E-state index contributed by atoms with van der Waals surface area (Å²) in [4.78, 5) is 4.94. The molecule has 1 saturated heterocycles. The predicted molar refractivity (Wildman–Crippen MR) is 86.3 cm³/mol. The number of hydrogen-bond donors (Lipinski definition) is 0. The molecule has 20 heavy (non-hydrogen) atoms. The average Bonchev–Trinajstić information content (AvgIpc) is 3.13. The van der Waals surface area contributed by atoms with Crippen molar-refractivity contribution in [1.82, 2.24) is 4.90 Å². The topological polar surface area (TPSA) is 6.48 Å². The van der Waals surface area contributed by atoms with E-state index in [4.69, 9.17) is 0 Å². The van der Waals surface area contributed by atoms with Crippen LogP contribution >= 0.6 is 0 Å². The molecular formula is C18H28N2. The molecule has 2 nitrogen and oxygen atoms in total. The molecule has 3 rings (SSSR count). The van der Waals surface area contributed by atoms with Crippen molar-refractivity contribution in [3.63, 3.8) is 0 Å². The summed E-state index contributed by atoms with van der Waals surface area (Å²) < 4.78 is 0. The van der Waals surface area contributed by atoms with Crippen LogP contribution in [0.4, 0.5) is 5.69 Å². The van der Waals surface area contributed by atoms with Gasteiger partial charge < -0.3 is 4.90 Å². The Kier molecular flexibility index (Phi) is 4.30. The summed E-state index contributed by atoms with van der Waals surface area (Å²) in [6.45, 7) is 2.60. The predicted octanol–water partition coefficient (Wildman–Crippen LogP) is 4.08. The van der Waals surface area contributed by atoms with Gasteiger partial charge >= 0.3 is 0 Å². The van der Waals surface area contributed by atoms with Gasteiger partial charge in [0.1, 0.15) is 0 Å². The van der Waals surface area contributed by atoms with E-state index < -0.39 is 0 Å². The first-order valence-corrected chi connectivity index (χ1v) is 8.27. The van der Waals surface area contributed by atoms with Gasteiger partial charge in [-0.3, -0.25) is 4.90 Å². The molecular weight excluding hydrogens is 244 g/mol. The zero-order valence-electron chi connectivity index (χ0n) is 13.0. The first-order chi connectivity index (χ1) is 9.75. The maximum absolute atomic E-state index is 2.75. The minimum Gasteiger partial charge on any atom is -0.378 e. The standard InChI is InChI=1S/C18H28N2/c1-19(2)17-11-9-16(10-12-17)18(15-7-3-4-8-15)20-13-5-6-14-20/h9-12,15,18H,3-8,13-14H2,1-2H3. The molecule has 0 radical (unpaired) electrons. The molecule has 1 heterocycles. The highest BCUT2D eigenvalue weighted by Crippen LogP contribution is 2.41. The minimum atomic E-state index is 0.677. The van der Waals surface area contributed by atoms with Crippen molar-refractivity contribution >= 4 is 5.69 Å². The van der Waals surface area contributed by atoms with Gasteiger partial charge in [0.15, 0.2) is 0 Å². The van der Waals surface area contributed by atoms with E-state index in [2.05, 4.69) is 48.2 Å². The van der Waals surface area contributed by atoms with Gasteiger partial charge in [-0.25, -0.2) is 0 Å². The van der Waals surface area contributed by atoms with Crippen LogP contribution in [0.25, 0.3) is 0 Å². The lowest BCUT2D eigenvalue weighted by atomic mass is 9.90. The number of likely N-dealkylation sites (tertiary alicyclic amines) is 1. The molecule has 0 aromatic heterocycles. The highest BCUT2D eigenvalue weighted by molar-refractivity contribution is 5.46. The van der Waals surface area contributed by atoms with Gasteiger partial charge in [-0.2, -0.15) is 0 Å². The molecule has 2 aliphatic rings. The van der Waals surface area contributed by atoms with Gasteiger partial charge in [0.25, 0.3) is 0 Å². The molecule has 0 amide bonds. The molecule has 2 fully saturated rings. The van der Waals surface area contributed by atoms with Crippen LogP contribution in [0.1, 0.15) is 50.1 Å². The quantitative estimate of drug-likeness (QED) is 0.815. The summed E-state index contributed by atoms with van der Waals surface area (Å²) in [5.41, 5.74) is 2.85. The summed E-state index contributed by atoms with van der Waals surface area (Å²) in [5.74, 6) is 0.887. The van der Waals surface area contributed by atoms with E-state index in [1.165, 1.54) is 57.3 Å². The van der Waals surface area contributed by atoms with Gasteiger partial charge in [0.2, 0.25) is 0 Å².